The zero-order chi connectivity index (χ0) is 12.1. The van der Waals surface area contributed by atoms with Gasteiger partial charge in [0.15, 0.2) is 5.78 Å². The average Bonchev–Trinajstić information content (AvgIpc) is 2.37. The van der Waals surface area contributed by atoms with E-state index in [-0.39, 0.29) is 5.78 Å². The maximum absolute atomic E-state index is 11.8. The molecule has 0 aliphatic rings. The van der Waals surface area contributed by atoms with Crippen LogP contribution in [0.3, 0.4) is 0 Å². The monoisotopic (exact) mass is 264 g/mol. The Kier molecular flexibility index (Phi) is 4.12. The highest BCUT2D eigenvalue weighted by molar-refractivity contribution is 7.99. The van der Waals surface area contributed by atoms with Crippen molar-refractivity contribution in [1.29, 1.82) is 0 Å². The predicted molar refractivity (Wildman–Crippen MR) is 68.5 cm³/mol. The predicted octanol–water partition coefficient (Wildman–Crippen LogP) is 3.11. The van der Waals surface area contributed by atoms with Crippen LogP contribution in [0, 0.1) is 0 Å². The van der Waals surface area contributed by atoms with Crippen molar-refractivity contribution in [3.8, 4) is 0 Å². The van der Waals surface area contributed by atoms with Crippen LogP contribution in [-0.2, 0) is 0 Å². The molecule has 0 saturated carbocycles. The van der Waals surface area contributed by atoms with Crippen molar-refractivity contribution in [3.63, 3.8) is 0 Å². The molecule has 0 spiro atoms. The minimum Gasteiger partial charge on any atom is -0.293 e. The zero-order valence-electron chi connectivity index (χ0n) is 8.84. The van der Waals surface area contributed by atoms with Crippen molar-refractivity contribution in [2.75, 3.05) is 5.75 Å². The highest BCUT2D eigenvalue weighted by atomic mass is 35.5. The van der Waals surface area contributed by atoms with Crippen molar-refractivity contribution in [2.45, 2.75) is 5.03 Å². The largest absolute Gasteiger partial charge is 0.293 e. The van der Waals surface area contributed by atoms with Crippen LogP contribution >= 0.6 is 23.4 Å². The minimum atomic E-state index is 0.0381. The van der Waals surface area contributed by atoms with Gasteiger partial charge in [0.1, 0.15) is 6.33 Å². The fourth-order valence-corrected chi connectivity index (χ4v) is 2.16. The number of halogens is 1. The number of Topliss-reactive ketones (excluding diaryl/α,β-unsaturated/α-hetero) is 1. The number of aromatic nitrogens is 2. The molecular weight excluding hydrogens is 256 g/mol. The third kappa shape index (κ3) is 3.54. The van der Waals surface area contributed by atoms with Gasteiger partial charge < -0.3 is 0 Å². The van der Waals surface area contributed by atoms with Crippen molar-refractivity contribution >= 4 is 29.1 Å². The molecule has 1 aromatic heterocycles. The van der Waals surface area contributed by atoms with Gasteiger partial charge in [0.2, 0.25) is 0 Å². The van der Waals surface area contributed by atoms with E-state index in [1.165, 1.54) is 18.1 Å². The highest BCUT2D eigenvalue weighted by Gasteiger charge is 2.07. The number of nitrogens with zero attached hydrogens (tertiary/aromatic N) is 2. The molecule has 0 atom stereocenters. The number of carbonyl (C=O) groups is 1. The Morgan fingerprint density at radius 2 is 2.24 bits per heavy atom. The molecule has 86 valence electrons. The Morgan fingerprint density at radius 3 is 2.94 bits per heavy atom. The van der Waals surface area contributed by atoms with E-state index in [4.69, 9.17) is 11.6 Å². The van der Waals surface area contributed by atoms with Gasteiger partial charge in [-0.15, -0.1) is 0 Å². The van der Waals surface area contributed by atoms with Crippen molar-refractivity contribution in [3.05, 3.63) is 53.4 Å². The van der Waals surface area contributed by atoms with Gasteiger partial charge in [0.05, 0.1) is 10.8 Å². The second-order valence-corrected chi connectivity index (χ2v) is 4.70. The fraction of sp³-hybridized carbons (Fsp3) is 0.0833. The number of benzene rings is 1. The fourth-order valence-electron chi connectivity index (χ4n) is 1.25. The second-order valence-electron chi connectivity index (χ2n) is 3.27. The molecule has 0 amide bonds. The van der Waals surface area contributed by atoms with Gasteiger partial charge in [0, 0.05) is 16.8 Å². The highest BCUT2D eigenvalue weighted by Crippen LogP contribution is 2.17. The van der Waals surface area contributed by atoms with E-state index in [0.29, 0.717) is 16.3 Å². The van der Waals surface area contributed by atoms with Gasteiger partial charge >= 0.3 is 0 Å². The standard InChI is InChI=1S/C12H9ClN2OS/c13-10-3-1-2-9(6-10)11(16)7-17-12-4-5-14-8-15-12/h1-6,8H,7H2. The Morgan fingerprint density at radius 1 is 1.35 bits per heavy atom. The van der Waals surface area contributed by atoms with E-state index in [9.17, 15) is 4.79 Å². The molecular formula is C12H9ClN2OS. The summed E-state index contributed by atoms with van der Waals surface area (Å²) in [4.78, 5) is 19.7. The summed E-state index contributed by atoms with van der Waals surface area (Å²) in [6.07, 6.45) is 3.12. The van der Waals surface area contributed by atoms with Gasteiger partial charge in [-0.05, 0) is 18.2 Å². The molecule has 0 aliphatic heterocycles. The molecule has 0 saturated heterocycles. The second kappa shape index (κ2) is 5.80. The maximum atomic E-state index is 11.8. The van der Waals surface area contributed by atoms with Crippen molar-refractivity contribution < 1.29 is 4.79 Å². The Bertz CT molecular complexity index is 519. The summed E-state index contributed by atoms with van der Waals surface area (Å²) in [6.45, 7) is 0. The average molecular weight is 265 g/mol. The summed E-state index contributed by atoms with van der Waals surface area (Å²) in [7, 11) is 0. The van der Waals surface area contributed by atoms with Crippen LogP contribution in [0.15, 0.2) is 47.9 Å². The lowest BCUT2D eigenvalue weighted by Gasteiger charge is -2.01. The Hall–Kier alpha value is -1.39. The quantitative estimate of drug-likeness (QED) is 0.483. The molecule has 0 bridgehead atoms. The van der Waals surface area contributed by atoms with Gasteiger partial charge in [0.25, 0.3) is 0 Å². The van der Waals surface area contributed by atoms with Gasteiger partial charge in [-0.2, -0.15) is 0 Å². The normalized spacial score (nSPS) is 10.2. The third-order valence-electron chi connectivity index (χ3n) is 2.05. The maximum Gasteiger partial charge on any atom is 0.173 e. The summed E-state index contributed by atoms with van der Waals surface area (Å²) >= 11 is 7.21. The Labute approximate surface area is 108 Å². The molecule has 17 heavy (non-hydrogen) atoms. The lowest BCUT2D eigenvalue weighted by molar-refractivity contribution is 0.102. The van der Waals surface area contributed by atoms with Crippen LogP contribution < -0.4 is 0 Å². The molecule has 1 heterocycles. The summed E-state index contributed by atoms with van der Waals surface area (Å²) in [6, 6.07) is 8.72. The van der Waals surface area contributed by atoms with Crippen LogP contribution in [0.4, 0.5) is 0 Å². The van der Waals surface area contributed by atoms with Gasteiger partial charge in [-0.1, -0.05) is 35.5 Å². The van der Waals surface area contributed by atoms with E-state index >= 15 is 0 Å². The molecule has 2 rings (SSSR count). The zero-order valence-corrected chi connectivity index (χ0v) is 10.4. The van der Waals surface area contributed by atoms with E-state index < -0.39 is 0 Å². The molecule has 0 fully saturated rings. The first-order valence-electron chi connectivity index (χ1n) is 4.93. The van der Waals surface area contributed by atoms with Crippen LogP contribution in [0.5, 0.6) is 0 Å². The molecule has 0 N–H and O–H groups in total. The van der Waals surface area contributed by atoms with Gasteiger partial charge in [-0.25, -0.2) is 9.97 Å². The van der Waals surface area contributed by atoms with Gasteiger partial charge in [-0.3, -0.25) is 4.79 Å². The molecule has 0 aliphatic carbocycles. The number of hydrogen-bond donors (Lipinski definition) is 0. The van der Waals surface area contributed by atoms with Crippen LogP contribution in [0.25, 0.3) is 0 Å². The summed E-state index contributed by atoms with van der Waals surface area (Å²) in [5.41, 5.74) is 0.624. The number of rotatable bonds is 4. The first kappa shape index (κ1) is 12.1. The van der Waals surface area contributed by atoms with Crippen LogP contribution in [-0.4, -0.2) is 21.5 Å². The van der Waals surface area contributed by atoms with E-state index in [1.807, 2.05) is 0 Å². The lowest BCUT2D eigenvalue weighted by atomic mass is 10.1. The smallest absolute Gasteiger partial charge is 0.173 e. The van der Waals surface area contributed by atoms with E-state index in [2.05, 4.69) is 9.97 Å². The topological polar surface area (TPSA) is 42.9 Å². The third-order valence-corrected chi connectivity index (χ3v) is 3.23. The van der Waals surface area contributed by atoms with Crippen molar-refractivity contribution in [1.82, 2.24) is 9.97 Å². The van der Waals surface area contributed by atoms with E-state index in [0.717, 1.165) is 5.03 Å². The molecule has 3 nitrogen and oxygen atoms in total. The lowest BCUT2D eigenvalue weighted by Crippen LogP contribution is -2.02. The number of hydrogen-bond acceptors (Lipinski definition) is 4. The summed E-state index contributed by atoms with van der Waals surface area (Å²) < 4.78 is 0. The first-order valence-corrected chi connectivity index (χ1v) is 6.29. The molecule has 2 aromatic rings. The molecule has 5 heteroatoms. The van der Waals surface area contributed by atoms with Crippen molar-refractivity contribution in [2.24, 2.45) is 0 Å². The Balaban J connectivity index is 1.98. The number of thioether (sulfide) groups is 1. The minimum absolute atomic E-state index is 0.0381. The van der Waals surface area contributed by atoms with E-state index in [1.54, 1.807) is 36.5 Å². The molecule has 0 radical (unpaired) electrons. The summed E-state index contributed by atoms with van der Waals surface area (Å²) in [5.74, 6) is 0.383. The first-order chi connectivity index (χ1) is 8.25. The molecule has 0 unspecified atom stereocenters. The number of carbonyl (C=O) groups excluding carboxylic acids is 1. The van der Waals surface area contributed by atoms with Crippen LogP contribution in [0.1, 0.15) is 10.4 Å². The summed E-state index contributed by atoms with van der Waals surface area (Å²) in [5, 5.41) is 1.36. The molecule has 1 aromatic carbocycles. The number of ketones is 1. The van der Waals surface area contributed by atoms with Crippen LogP contribution in [0.2, 0.25) is 5.02 Å². The SMILES string of the molecule is O=C(CSc1ccncn1)c1cccc(Cl)c1.